The van der Waals surface area contributed by atoms with Crippen molar-refractivity contribution in [2.75, 3.05) is 0 Å². The Balaban J connectivity index is 3.13. The van der Waals surface area contributed by atoms with Gasteiger partial charge in [-0.05, 0) is 13.3 Å². The van der Waals surface area contributed by atoms with Gasteiger partial charge in [0.25, 0.3) is 0 Å². The molecule has 0 saturated carbocycles. The maximum Gasteiger partial charge on any atom is 0.0863 e. The largest absolute Gasteiger partial charge is 0.325 e. The molecule has 2 N–H and O–H groups in total. The average Bonchev–Trinajstić information content (AvgIpc) is 2.41. The van der Waals surface area contributed by atoms with Crippen LogP contribution in [0.5, 0.6) is 0 Å². The topological polar surface area (TPSA) is 43.8 Å². The Labute approximate surface area is 77.5 Å². The molecule has 4 heteroatoms. The van der Waals surface area contributed by atoms with Crippen LogP contribution in [0.2, 0.25) is 5.02 Å². The maximum absolute atomic E-state index is 6.05. The first kappa shape index (κ1) is 9.55. The van der Waals surface area contributed by atoms with Crippen LogP contribution in [-0.4, -0.2) is 9.78 Å². The molecular formula is C8H14ClN3. The molecule has 0 unspecified atom stereocenters. The van der Waals surface area contributed by atoms with Crippen molar-refractivity contribution in [1.82, 2.24) is 9.78 Å². The highest BCUT2D eigenvalue weighted by Gasteiger charge is 2.11. The zero-order valence-electron chi connectivity index (χ0n) is 7.47. The molecule has 0 saturated heterocycles. The zero-order valence-corrected chi connectivity index (χ0v) is 8.23. The van der Waals surface area contributed by atoms with Gasteiger partial charge in [0.1, 0.15) is 0 Å². The fourth-order valence-corrected chi connectivity index (χ4v) is 1.56. The summed E-state index contributed by atoms with van der Waals surface area (Å²) in [5.74, 6) is 0. The van der Waals surface area contributed by atoms with Crippen molar-refractivity contribution in [2.24, 2.45) is 5.73 Å². The van der Waals surface area contributed by atoms with Crippen LogP contribution in [0.15, 0.2) is 0 Å². The summed E-state index contributed by atoms with van der Waals surface area (Å²) in [6.07, 6.45) is 0.860. The lowest BCUT2D eigenvalue weighted by molar-refractivity contribution is 0.615. The summed E-state index contributed by atoms with van der Waals surface area (Å²) < 4.78 is 1.86. The van der Waals surface area contributed by atoms with Crippen molar-refractivity contribution in [3.05, 3.63) is 16.4 Å². The van der Waals surface area contributed by atoms with Crippen molar-refractivity contribution in [3.8, 4) is 0 Å². The SMILES string of the molecule is CCc1nn(CC)c(CN)c1Cl. The standard InChI is InChI=1S/C8H14ClN3/c1-3-6-8(9)7(5-10)12(4-2)11-6/h3-5,10H2,1-2H3. The van der Waals surface area contributed by atoms with Gasteiger partial charge in [-0.1, -0.05) is 18.5 Å². The molecule has 68 valence electrons. The number of hydrogen-bond donors (Lipinski definition) is 1. The summed E-state index contributed by atoms with van der Waals surface area (Å²) >= 11 is 6.05. The Morgan fingerprint density at radius 1 is 1.50 bits per heavy atom. The third-order valence-electron chi connectivity index (χ3n) is 1.89. The molecule has 0 aliphatic carbocycles. The lowest BCUT2D eigenvalue weighted by Crippen LogP contribution is -2.07. The van der Waals surface area contributed by atoms with E-state index in [1.54, 1.807) is 0 Å². The van der Waals surface area contributed by atoms with Gasteiger partial charge < -0.3 is 5.73 Å². The predicted molar refractivity (Wildman–Crippen MR) is 50.2 cm³/mol. The van der Waals surface area contributed by atoms with E-state index in [0.717, 1.165) is 29.4 Å². The molecule has 0 aliphatic heterocycles. The molecule has 0 aromatic carbocycles. The molecule has 0 aliphatic rings. The van der Waals surface area contributed by atoms with Gasteiger partial charge in [0.15, 0.2) is 0 Å². The van der Waals surface area contributed by atoms with Gasteiger partial charge in [0.05, 0.1) is 16.4 Å². The number of nitrogens with zero attached hydrogens (tertiary/aromatic N) is 2. The van der Waals surface area contributed by atoms with E-state index in [-0.39, 0.29) is 0 Å². The summed E-state index contributed by atoms with van der Waals surface area (Å²) in [4.78, 5) is 0. The second-order valence-corrected chi connectivity index (χ2v) is 2.96. The van der Waals surface area contributed by atoms with E-state index < -0.39 is 0 Å². The van der Waals surface area contributed by atoms with Crippen molar-refractivity contribution < 1.29 is 0 Å². The van der Waals surface area contributed by atoms with E-state index in [4.69, 9.17) is 17.3 Å². The number of nitrogens with two attached hydrogens (primary N) is 1. The number of hydrogen-bond acceptors (Lipinski definition) is 2. The minimum atomic E-state index is 0.458. The van der Waals surface area contributed by atoms with Gasteiger partial charge in [-0.3, -0.25) is 4.68 Å². The first-order valence-electron chi connectivity index (χ1n) is 4.18. The number of rotatable bonds is 3. The molecule has 0 atom stereocenters. The summed E-state index contributed by atoms with van der Waals surface area (Å²) in [6.45, 7) is 5.35. The van der Waals surface area contributed by atoms with E-state index in [9.17, 15) is 0 Å². The van der Waals surface area contributed by atoms with Crippen molar-refractivity contribution in [2.45, 2.75) is 33.4 Å². The van der Waals surface area contributed by atoms with E-state index in [2.05, 4.69) is 5.10 Å². The normalized spacial score (nSPS) is 10.7. The zero-order chi connectivity index (χ0) is 9.14. The van der Waals surface area contributed by atoms with Crippen LogP contribution < -0.4 is 5.73 Å². The van der Waals surface area contributed by atoms with Crippen LogP contribution in [0.1, 0.15) is 25.2 Å². The van der Waals surface area contributed by atoms with Crippen LogP contribution in [0.4, 0.5) is 0 Å². The highest BCUT2D eigenvalue weighted by Crippen LogP contribution is 2.20. The Morgan fingerprint density at radius 2 is 2.17 bits per heavy atom. The van der Waals surface area contributed by atoms with Crippen LogP contribution in [-0.2, 0) is 19.5 Å². The number of halogens is 1. The molecule has 1 rings (SSSR count). The monoisotopic (exact) mass is 187 g/mol. The molecule has 1 aromatic heterocycles. The molecule has 0 radical (unpaired) electrons. The minimum Gasteiger partial charge on any atom is -0.325 e. The van der Waals surface area contributed by atoms with Crippen molar-refractivity contribution >= 4 is 11.6 Å². The van der Waals surface area contributed by atoms with Crippen molar-refractivity contribution in [3.63, 3.8) is 0 Å². The van der Waals surface area contributed by atoms with Crippen LogP contribution in [0, 0.1) is 0 Å². The van der Waals surface area contributed by atoms with Crippen molar-refractivity contribution in [1.29, 1.82) is 0 Å². The van der Waals surface area contributed by atoms with Gasteiger partial charge in [-0.2, -0.15) is 5.10 Å². The second-order valence-electron chi connectivity index (χ2n) is 2.58. The van der Waals surface area contributed by atoms with E-state index >= 15 is 0 Å². The first-order valence-corrected chi connectivity index (χ1v) is 4.56. The van der Waals surface area contributed by atoms with E-state index in [1.807, 2.05) is 18.5 Å². The third kappa shape index (κ3) is 1.47. The van der Waals surface area contributed by atoms with Crippen LogP contribution in [0.3, 0.4) is 0 Å². The lowest BCUT2D eigenvalue weighted by atomic mass is 10.3. The highest BCUT2D eigenvalue weighted by atomic mass is 35.5. The number of aryl methyl sites for hydroxylation is 2. The molecule has 12 heavy (non-hydrogen) atoms. The average molecular weight is 188 g/mol. The minimum absolute atomic E-state index is 0.458. The summed E-state index contributed by atoms with van der Waals surface area (Å²) in [5.41, 5.74) is 7.43. The molecule has 0 fully saturated rings. The molecule has 0 bridgehead atoms. The van der Waals surface area contributed by atoms with E-state index in [1.165, 1.54) is 0 Å². The Morgan fingerprint density at radius 3 is 2.50 bits per heavy atom. The van der Waals surface area contributed by atoms with Crippen LogP contribution >= 0.6 is 11.6 Å². The molecule has 0 amide bonds. The predicted octanol–water partition coefficient (Wildman–Crippen LogP) is 1.58. The van der Waals surface area contributed by atoms with E-state index in [0.29, 0.717) is 6.54 Å². The van der Waals surface area contributed by atoms with Gasteiger partial charge in [0.2, 0.25) is 0 Å². The van der Waals surface area contributed by atoms with Gasteiger partial charge >= 0.3 is 0 Å². The first-order chi connectivity index (χ1) is 5.74. The smallest absolute Gasteiger partial charge is 0.0863 e. The summed E-state index contributed by atoms with van der Waals surface area (Å²) in [6, 6.07) is 0. The fourth-order valence-electron chi connectivity index (χ4n) is 1.21. The Hall–Kier alpha value is -0.540. The molecule has 0 spiro atoms. The van der Waals surface area contributed by atoms with Gasteiger partial charge in [-0.15, -0.1) is 0 Å². The molecule has 1 aromatic rings. The molecule has 1 heterocycles. The number of aromatic nitrogens is 2. The van der Waals surface area contributed by atoms with Crippen LogP contribution in [0.25, 0.3) is 0 Å². The highest BCUT2D eigenvalue weighted by molar-refractivity contribution is 6.31. The van der Waals surface area contributed by atoms with Gasteiger partial charge in [-0.25, -0.2) is 0 Å². The quantitative estimate of drug-likeness (QED) is 0.781. The Bertz CT molecular complexity index is 268. The molecular weight excluding hydrogens is 174 g/mol. The second kappa shape index (κ2) is 3.92. The summed E-state index contributed by atoms with van der Waals surface area (Å²) in [5, 5.41) is 5.06. The Kier molecular flexibility index (Phi) is 3.12. The molecule has 3 nitrogen and oxygen atoms in total. The lowest BCUT2D eigenvalue weighted by Gasteiger charge is -2.00. The van der Waals surface area contributed by atoms with Gasteiger partial charge in [0, 0.05) is 13.1 Å². The third-order valence-corrected chi connectivity index (χ3v) is 2.32. The fraction of sp³-hybridized carbons (Fsp3) is 0.625. The maximum atomic E-state index is 6.05. The summed E-state index contributed by atoms with van der Waals surface area (Å²) in [7, 11) is 0.